The van der Waals surface area contributed by atoms with Crippen molar-refractivity contribution in [1.82, 2.24) is 24.1 Å². The summed E-state index contributed by atoms with van der Waals surface area (Å²) in [5, 5.41) is 6.88. The normalized spacial score (nSPS) is 11.9. The molecular formula is C55H39N5O. The molecule has 6 heteroatoms. The van der Waals surface area contributed by atoms with Crippen molar-refractivity contribution in [2.75, 3.05) is 0 Å². The van der Waals surface area contributed by atoms with Crippen molar-refractivity contribution in [2.45, 2.75) is 26.2 Å². The number of hydrogen-bond donors (Lipinski definition) is 0. The van der Waals surface area contributed by atoms with E-state index in [2.05, 4.69) is 180 Å². The van der Waals surface area contributed by atoms with Crippen LogP contribution in [0.2, 0.25) is 0 Å². The molecule has 0 amide bonds. The first-order chi connectivity index (χ1) is 30.2. The second-order valence-electron chi connectivity index (χ2n) is 15.9. The molecule has 12 aromatic rings. The Bertz CT molecular complexity index is 3630. The number of aromatic nitrogens is 5. The minimum Gasteiger partial charge on any atom is -0.455 e. The van der Waals surface area contributed by atoms with Crippen molar-refractivity contribution in [3.63, 3.8) is 0 Å². The molecule has 0 unspecified atom stereocenters. The Kier molecular flexibility index (Phi) is 8.17. The molecule has 0 N–H and O–H groups in total. The molecule has 0 saturated carbocycles. The molecule has 0 bridgehead atoms. The van der Waals surface area contributed by atoms with Crippen molar-refractivity contribution < 1.29 is 4.42 Å². The Morgan fingerprint density at radius 3 is 1.89 bits per heavy atom. The number of aryl methyl sites for hydroxylation is 1. The van der Waals surface area contributed by atoms with Crippen LogP contribution in [0.1, 0.15) is 25.3 Å². The van der Waals surface area contributed by atoms with E-state index < -0.39 is 0 Å². The molecule has 290 valence electrons. The average molecular weight is 786 g/mol. The third-order valence-electron chi connectivity index (χ3n) is 12.2. The number of furan rings is 1. The summed E-state index contributed by atoms with van der Waals surface area (Å²) in [6.45, 7) is 2.23. The Morgan fingerprint density at radius 1 is 0.443 bits per heavy atom. The number of fused-ring (bicyclic) bond motifs is 9. The predicted octanol–water partition coefficient (Wildman–Crippen LogP) is 14.3. The minimum absolute atomic E-state index is 0.560. The first-order valence-electron chi connectivity index (χ1n) is 21.1. The average Bonchev–Trinajstić information content (AvgIpc) is 3.98. The lowest BCUT2D eigenvalue weighted by atomic mass is 10.00. The summed E-state index contributed by atoms with van der Waals surface area (Å²) in [6.07, 6.45) is 3.39. The summed E-state index contributed by atoms with van der Waals surface area (Å²) in [4.78, 5) is 15.7. The van der Waals surface area contributed by atoms with Gasteiger partial charge < -0.3 is 8.98 Å². The lowest BCUT2D eigenvalue weighted by Crippen LogP contribution is -2.06. The highest BCUT2D eigenvalue weighted by Gasteiger charge is 2.21. The van der Waals surface area contributed by atoms with Crippen LogP contribution in [0.15, 0.2) is 186 Å². The fourth-order valence-corrected chi connectivity index (χ4v) is 9.24. The Balaban J connectivity index is 1.05. The van der Waals surface area contributed by atoms with Crippen molar-refractivity contribution in [3.8, 4) is 45.5 Å². The largest absolute Gasteiger partial charge is 0.455 e. The molecule has 6 nitrogen and oxygen atoms in total. The Morgan fingerprint density at radius 2 is 1.08 bits per heavy atom. The number of benzene rings is 8. The minimum atomic E-state index is 0.560. The van der Waals surface area contributed by atoms with Gasteiger partial charge in [0, 0.05) is 54.7 Å². The molecular weight excluding hydrogens is 747 g/mol. The molecule has 0 atom stereocenters. The third-order valence-corrected chi connectivity index (χ3v) is 12.2. The summed E-state index contributed by atoms with van der Waals surface area (Å²) in [6, 6.07) is 64.3. The number of rotatable bonds is 8. The molecule has 0 radical (unpaired) electrons. The van der Waals surface area contributed by atoms with Gasteiger partial charge in [-0.2, -0.15) is 9.97 Å². The van der Waals surface area contributed by atoms with Gasteiger partial charge in [0.05, 0.1) is 22.1 Å². The van der Waals surface area contributed by atoms with Crippen LogP contribution in [-0.4, -0.2) is 24.1 Å². The third kappa shape index (κ3) is 5.75. The van der Waals surface area contributed by atoms with Crippen LogP contribution >= 0.6 is 0 Å². The summed E-state index contributed by atoms with van der Waals surface area (Å²) in [5.74, 6) is 1.78. The van der Waals surface area contributed by atoms with E-state index in [4.69, 9.17) is 19.4 Å². The fourth-order valence-electron chi connectivity index (χ4n) is 9.24. The highest BCUT2D eigenvalue weighted by Crippen LogP contribution is 2.40. The van der Waals surface area contributed by atoms with Gasteiger partial charge in [-0.05, 0) is 72.5 Å². The molecule has 0 saturated heterocycles. The zero-order valence-electron chi connectivity index (χ0n) is 33.6. The van der Waals surface area contributed by atoms with Gasteiger partial charge in [0.25, 0.3) is 0 Å². The summed E-state index contributed by atoms with van der Waals surface area (Å²) in [7, 11) is 0. The molecule has 4 aromatic heterocycles. The van der Waals surface area contributed by atoms with Gasteiger partial charge in [-0.3, -0.25) is 4.57 Å². The van der Waals surface area contributed by atoms with E-state index in [1.807, 2.05) is 18.2 Å². The maximum absolute atomic E-state index is 6.69. The van der Waals surface area contributed by atoms with E-state index >= 15 is 0 Å². The maximum atomic E-state index is 6.69. The molecule has 0 aliphatic rings. The fraction of sp³-hybridized carbons (Fsp3) is 0.0727. The predicted molar refractivity (Wildman–Crippen MR) is 251 cm³/mol. The maximum Gasteiger partial charge on any atom is 0.238 e. The van der Waals surface area contributed by atoms with Crippen LogP contribution < -0.4 is 0 Å². The Labute approximate surface area is 352 Å². The summed E-state index contributed by atoms with van der Waals surface area (Å²) >= 11 is 0. The van der Waals surface area contributed by atoms with Crippen molar-refractivity contribution in [3.05, 3.63) is 188 Å². The van der Waals surface area contributed by atoms with Crippen molar-refractivity contribution >= 4 is 65.6 Å². The van der Waals surface area contributed by atoms with E-state index in [0.29, 0.717) is 17.6 Å². The first kappa shape index (κ1) is 35.1. The second-order valence-corrected chi connectivity index (χ2v) is 15.9. The van der Waals surface area contributed by atoms with Crippen LogP contribution in [0.3, 0.4) is 0 Å². The van der Waals surface area contributed by atoms with Crippen LogP contribution in [-0.2, 0) is 6.42 Å². The zero-order chi connectivity index (χ0) is 40.4. The van der Waals surface area contributed by atoms with Gasteiger partial charge in [0.15, 0.2) is 11.6 Å². The zero-order valence-corrected chi connectivity index (χ0v) is 33.6. The van der Waals surface area contributed by atoms with Crippen LogP contribution in [0.4, 0.5) is 0 Å². The van der Waals surface area contributed by atoms with Crippen molar-refractivity contribution in [2.24, 2.45) is 0 Å². The van der Waals surface area contributed by atoms with Gasteiger partial charge in [0.2, 0.25) is 5.95 Å². The first-order valence-corrected chi connectivity index (χ1v) is 21.1. The van der Waals surface area contributed by atoms with Crippen molar-refractivity contribution in [1.29, 1.82) is 0 Å². The number of para-hydroxylation sites is 4. The van der Waals surface area contributed by atoms with E-state index in [0.717, 1.165) is 89.1 Å². The number of nitrogens with zero attached hydrogens (tertiary/aromatic N) is 5. The van der Waals surface area contributed by atoms with E-state index in [1.54, 1.807) is 0 Å². The van der Waals surface area contributed by atoms with Crippen LogP contribution in [0.25, 0.3) is 111 Å². The Hall–Kier alpha value is -7.83. The molecule has 0 aliphatic carbocycles. The molecule has 0 spiro atoms. The molecule has 4 heterocycles. The lowest BCUT2D eigenvalue weighted by Gasteiger charge is -2.12. The molecule has 8 aromatic carbocycles. The molecule has 61 heavy (non-hydrogen) atoms. The van der Waals surface area contributed by atoms with E-state index in [1.165, 1.54) is 29.2 Å². The molecule has 12 rings (SSSR count). The highest BCUT2D eigenvalue weighted by atomic mass is 16.3. The van der Waals surface area contributed by atoms with Crippen LogP contribution in [0.5, 0.6) is 0 Å². The number of unbranched alkanes of at least 4 members (excludes halogenated alkanes) is 1. The van der Waals surface area contributed by atoms with E-state index in [-0.39, 0.29) is 0 Å². The molecule has 0 fully saturated rings. The van der Waals surface area contributed by atoms with Gasteiger partial charge in [-0.25, -0.2) is 4.98 Å². The smallest absolute Gasteiger partial charge is 0.238 e. The summed E-state index contributed by atoms with van der Waals surface area (Å²) in [5.41, 5.74) is 12.5. The standard InChI is InChI=1S/C55H39N5O/c1-2-3-15-35-26-29-44-45-23-14-22-40(52(45)61-51(44)32-35)37-28-31-49-46(33-37)42-21-11-13-25-48(42)60(49)55-57-53(36-16-6-4-7-17-36)56-54(58-55)38-27-30-43-41-20-10-12-24-47(41)59(50(43)34-38)39-18-8-5-9-19-39/h4-14,16-34H,2-3,15H2,1H3. The lowest BCUT2D eigenvalue weighted by molar-refractivity contribution is 0.668. The monoisotopic (exact) mass is 785 g/mol. The summed E-state index contributed by atoms with van der Waals surface area (Å²) < 4.78 is 11.2. The van der Waals surface area contributed by atoms with Gasteiger partial charge in [-0.15, -0.1) is 0 Å². The number of hydrogen-bond acceptors (Lipinski definition) is 4. The highest BCUT2D eigenvalue weighted by molar-refractivity contribution is 6.13. The van der Waals surface area contributed by atoms with Gasteiger partial charge >= 0.3 is 0 Å². The molecule has 0 aliphatic heterocycles. The van der Waals surface area contributed by atoms with Gasteiger partial charge in [0.1, 0.15) is 11.2 Å². The topological polar surface area (TPSA) is 61.7 Å². The second kappa shape index (κ2) is 14.2. The quantitative estimate of drug-likeness (QED) is 0.154. The van der Waals surface area contributed by atoms with Gasteiger partial charge in [-0.1, -0.05) is 147 Å². The van der Waals surface area contributed by atoms with E-state index in [9.17, 15) is 0 Å². The SMILES string of the molecule is CCCCc1ccc2c(c1)oc1c(-c3ccc4c(c3)c3ccccc3n4-c3nc(-c4ccccc4)nc(-c4ccc5c6ccccc6n(-c6ccccc6)c5c4)n3)cccc12. The van der Waals surface area contributed by atoms with Crippen LogP contribution in [0, 0.1) is 0 Å².